The first kappa shape index (κ1) is 26.1. The van der Waals surface area contributed by atoms with Gasteiger partial charge in [0.15, 0.2) is 0 Å². The number of esters is 1. The summed E-state index contributed by atoms with van der Waals surface area (Å²) >= 11 is 0. The number of Topliss-reactive ketones (excluding diaryl/α,β-unsaturated/α-hetero) is 1. The van der Waals surface area contributed by atoms with Crippen LogP contribution in [0, 0.1) is 0 Å². The third kappa shape index (κ3) is 21.3. The van der Waals surface area contributed by atoms with E-state index in [2.05, 4.69) is 13.8 Å². The Morgan fingerprint density at radius 1 is 0.556 bits per heavy atom. The fourth-order valence-corrected chi connectivity index (χ4v) is 3.32. The highest BCUT2D eigenvalue weighted by Gasteiger charge is 2.10. The predicted octanol–water partition coefficient (Wildman–Crippen LogP) is 7.55. The molecule has 0 unspecified atom stereocenters. The molecule has 0 aromatic carbocycles. The summed E-state index contributed by atoms with van der Waals surface area (Å²) in [7, 11) is 0. The van der Waals surface area contributed by atoms with Crippen molar-refractivity contribution in [2.75, 3.05) is 6.61 Å². The SMILES string of the molecule is CCCCCCCCCCCCCCCCCC(=O)CC(=O)OCCCC. The summed E-state index contributed by atoms with van der Waals surface area (Å²) in [5.41, 5.74) is 0. The van der Waals surface area contributed by atoms with Gasteiger partial charge in [-0.15, -0.1) is 0 Å². The van der Waals surface area contributed by atoms with E-state index < -0.39 is 0 Å². The molecule has 0 heterocycles. The predicted molar refractivity (Wildman–Crippen MR) is 115 cm³/mol. The van der Waals surface area contributed by atoms with E-state index >= 15 is 0 Å². The molecule has 0 saturated heterocycles. The van der Waals surface area contributed by atoms with E-state index in [9.17, 15) is 9.59 Å². The quantitative estimate of drug-likeness (QED) is 0.117. The number of unbranched alkanes of at least 4 members (excludes halogenated alkanes) is 15. The van der Waals surface area contributed by atoms with Gasteiger partial charge in [0, 0.05) is 6.42 Å². The summed E-state index contributed by atoms with van der Waals surface area (Å²) in [6, 6.07) is 0. The molecular weight excluding hydrogens is 336 g/mol. The minimum Gasteiger partial charge on any atom is -0.465 e. The van der Waals surface area contributed by atoms with Crippen molar-refractivity contribution in [1.29, 1.82) is 0 Å². The minimum atomic E-state index is -0.352. The molecule has 0 spiro atoms. The van der Waals surface area contributed by atoms with E-state index in [1.54, 1.807) is 0 Å². The van der Waals surface area contributed by atoms with Gasteiger partial charge >= 0.3 is 5.97 Å². The van der Waals surface area contributed by atoms with Gasteiger partial charge in [-0.25, -0.2) is 0 Å². The van der Waals surface area contributed by atoms with Crippen LogP contribution in [-0.4, -0.2) is 18.4 Å². The lowest BCUT2D eigenvalue weighted by atomic mass is 10.0. The molecule has 3 heteroatoms. The van der Waals surface area contributed by atoms with Crippen LogP contribution in [0.1, 0.15) is 136 Å². The van der Waals surface area contributed by atoms with E-state index in [1.807, 2.05) is 0 Å². The molecule has 0 saturated carbocycles. The van der Waals surface area contributed by atoms with Gasteiger partial charge in [0.2, 0.25) is 0 Å². The molecule has 0 aliphatic rings. The Balaban J connectivity index is 3.22. The molecule has 0 aliphatic heterocycles. The van der Waals surface area contributed by atoms with Gasteiger partial charge in [-0.3, -0.25) is 9.59 Å². The van der Waals surface area contributed by atoms with Gasteiger partial charge in [0.1, 0.15) is 12.2 Å². The standard InChI is InChI=1S/C24H46O3/c1-3-5-7-8-9-10-11-12-13-14-15-16-17-18-19-20-23(25)22-24(26)27-21-6-4-2/h3-22H2,1-2H3. The number of ketones is 1. The van der Waals surface area contributed by atoms with Crippen molar-refractivity contribution in [3.05, 3.63) is 0 Å². The molecule has 0 N–H and O–H groups in total. The Morgan fingerprint density at radius 3 is 1.41 bits per heavy atom. The number of rotatable bonds is 21. The Bertz CT molecular complexity index is 339. The molecule has 3 nitrogen and oxygen atoms in total. The minimum absolute atomic E-state index is 0.0335. The van der Waals surface area contributed by atoms with Crippen LogP contribution in [0.5, 0.6) is 0 Å². The Morgan fingerprint density at radius 2 is 0.963 bits per heavy atom. The summed E-state index contributed by atoms with van der Waals surface area (Å²) in [4.78, 5) is 23.2. The highest BCUT2D eigenvalue weighted by molar-refractivity contribution is 5.95. The molecule has 0 amide bonds. The average molecular weight is 383 g/mol. The van der Waals surface area contributed by atoms with E-state index in [1.165, 1.54) is 83.5 Å². The van der Waals surface area contributed by atoms with Gasteiger partial charge < -0.3 is 4.74 Å². The van der Waals surface area contributed by atoms with Crippen molar-refractivity contribution in [3.63, 3.8) is 0 Å². The highest BCUT2D eigenvalue weighted by Crippen LogP contribution is 2.14. The highest BCUT2D eigenvalue weighted by atomic mass is 16.5. The van der Waals surface area contributed by atoms with Crippen molar-refractivity contribution in [3.8, 4) is 0 Å². The number of ether oxygens (including phenoxy) is 1. The maximum Gasteiger partial charge on any atom is 0.313 e. The molecule has 0 rings (SSSR count). The van der Waals surface area contributed by atoms with Gasteiger partial charge in [0.25, 0.3) is 0 Å². The Labute approximate surface area is 169 Å². The largest absolute Gasteiger partial charge is 0.465 e. The molecule has 0 fully saturated rings. The van der Waals surface area contributed by atoms with E-state index in [0.29, 0.717) is 13.0 Å². The van der Waals surface area contributed by atoms with Crippen molar-refractivity contribution in [1.82, 2.24) is 0 Å². The summed E-state index contributed by atoms with van der Waals surface area (Å²) in [5, 5.41) is 0. The summed E-state index contributed by atoms with van der Waals surface area (Å²) in [6.07, 6.45) is 22.2. The van der Waals surface area contributed by atoms with Crippen molar-refractivity contribution in [2.45, 2.75) is 136 Å². The van der Waals surface area contributed by atoms with Crippen LogP contribution in [0.2, 0.25) is 0 Å². The number of hydrogen-bond acceptors (Lipinski definition) is 3. The van der Waals surface area contributed by atoms with Gasteiger partial charge in [-0.1, -0.05) is 110 Å². The maximum atomic E-state index is 11.7. The maximum absolute atomic E-state index is 11.7. The van der Waals surface area contributed by atoms with E-state index in [4.69, 9.17) is 4.74 Å². The lowest BCUT2D eigenvalue weighted by molar-refractivity contribution is -0.146. The summed E-state index contributed by atoms with van der Waals surface area (Å²) in [5.74, 6) is -0.319. The molecule has 0 bridgehead atoms. The normalized spacial score (nSPS) is 10.9. The second-order valence-electron chi connectivity index (χ2n) is 7.99. The monoisotopic (exact) mass is 382 g/mol. The van der Waals surface area contributed by atoms with Gasteiger partial charge in [0.05, 0.1) is 6.61 Å². The van der Waals surface area contributed by atoms with Crippen LogP contribution in [-0.2, 0) is 14.3 Å². The van der Waals surface area contributed by atoms with E-state index in [0.717, 1.165) is 25.7 Å². The molecular formula is C24H46O3. The lowest BCUT2D eigenvalue weighted by Crippen LogP contribution is -2.11. The number of hydrogen-bond donors (Lipinski definition) is 0. The zero-order valence-electron chi connectivity index (χ0n) is 18.4. The fraction of sp³-hybridized carbons (Fsp3) is 0.917. The first-order chi connectivity index (χ1) is 13.2. The molecule has 0 atom stereocenters. The summed E-state index contributed by atoms with van der Waals surface area (Å²) in [6.45, 7) is 4.77. The van der Waals surface area contributed by atoms with Gasteiger partial charge in [-0.2, -0.15) is 0 Å². The first-order valence-electron chi connectivity index (χ1n) is 11.9. The van der Waals surface area contributed by atoms with E-state index in [-0.39, 0.29) is 18.2 Å². The zero-order valence-corrected chi connectivity index (χ0v) is 18.4. The first-order valence-corrected chi connectivity index (χ1v) is 11.9. The Kier molecular flexibility index (Phi) is 20.8. The zero-order chi connectivity index (χ0) is 20.0. The fourth-order valence-electron chi connectivity index (χ4n) is 3.32. The van der Waals surface area contributed by atoms with Crippen LogP contribution < -0.4 is 0 Å². The van der Waals surface area contributed by atoms with Crippen molar-refractivity contribution >= 4 is 11.8 Å². The Hall–Kier alpha value is -0.860. The lowest BCUT2D eigenvalue weighted by Gasteiger charge is -2.04. The molecule has 0 aliphatic carbocycles. The second kappa shape index (κ2) is 21.4. The van der Waals surface area contributed by atoms with Crippen LogP contribution >= 0.6 is 0 Å². The van der Waals surface area contributed by atoms with Crippen LogP contribution in [0.15, 0.2) is 0 Å². The third-order valence-electron chi connectivity index (χ3n) is 5.16. The van der Waals surface area contributed by atoms with Crippen molar-refractivity contribution < 1.29 is 14.3 Å². The van der Waals surface area contributed by atoms with Crippen LogP contribution in [0.25, 0.3) is 0 Å². The average Bonchev–Trinajstić information content (AvgIpc) is 2.65. The number of carbonyl (C=O) groups is 2. The second-order valence-corrected chi connectivity index (χ2v) is 7.99. The van der Waals surface area contributed by atoms with Crippen LogP contribution in [0.3, 0.4) is 0 Å². The third-order valence-corrected chi connectivity index (χ3v) is 5.16. The molecule has 160 valence electrons. The van der Waals surface area contributed by atoms with Crippen LogP contribution in [0.4, 0.5) is 0 Å². The molecule has 27 heavy (non-hydrogen) atoms. The molecule has 0 radical (unpaired) electrons. The smallest absolute Gasteiger partial charge is 0.313 e. The summed E-state index contributed by atoms with van der Waals surface area (Å²) < 4.78 is 5.02. The van der Waals surface area contributed by atoms with Gasteiger partial charge in [-0.05, 0) is 12.8 Å². The van der Waals surface area contributed by atoms with Crippen molar-refractivity contribution in [2.24, 2.45) is 0 Å². The molecule has 0 aromatic rings. The molecule has 0 aromatic heterocycles. The topological polar surface area (TPSA) is 43.4 Å². The number of carbonyl (C=O) groups excluding carboxylic acids is 2.